The summed E-state index contributed by atoms with van der Waals surface area (Å²) in [6.07, 6.45) is 0. The molecule has 3 aromatic heterocycles. The second-order valence-electron chi connectivity index (χ2n) is 6.08. The summed E-state index contributed by atoms with van der Waals surface area (Å²) in [4.78, 5) is 34.1. The zero-order valence-electron chi connectivity index (χ0n) is 14.3. The van der Waals surface area contributed by atoms with E-state index in [4.69, 9.17) is 4.52 Å². The molecule has 3 aromatic rings. The lowest BCUT2D eigenvalue weighted by atomic mass is 10.2. The molecule has 1 aliphatic heterocycles. The Labute approximate surface area is 171 Å². The van der Waals surface area contributed by atoms with Gasteiger partial charge in [0.1, 0.15) is 10.7 Å². The quantitative estimate of drug-likeness (QED) is 0.589. The third-order valence-electron chi connectivity index (χ3n) is 4.19. The Balaban J connectivity index is 1.39. The summed E-state index contributed by atoms with van der Waals surface area (Å²) in [6, 6.07) is 3.62. The van der Waals surface area contributed by atoms with Gasteiger partial charge in [-0.05, 0) is 28.9 Å². The molecule has 27 heavy (non-hydrogen) atoms. The van der Waals surface area contributed by atoms with Gasteiger partial charge < -0.3 is 14.3 Å². The molecule has 0 atom stereocenters. The van der Waals surface area contributed by atoms with Crippen LogP contribution in [0.1, 0.15) is 26.7 Å². The number of carbonyl (C=O) groups is 2. The van der Waals surface area contributed by atoms with Gasteiger partial charge >= 0.3 is 0 Å². The predicted molar refractivity (Wildman–Crippen MR) is 106 cm³/mol. The Kier molecular flexibility index (Phi) is 5.11. The van der Waals surface area contributed by atoms with E-state index in [0.29, 0.717) is 37.6 Å². The lowest BCUT2D eigenvalue weighted by Crippen LogP contribution is -2.50. The van der Waals surface area contributed by atoms with E-state index in [1.54, 1.807) is 39.5 Å². The van der Waals surface area contributed by atoms with E-state index < -0.39 is 0 Å². The zero-order valence-corrected chi connectivity index (χ0v) is 17.6. The van der Waals surface area contributed by atoms with Crippen molar-refractivity contribution in [2.75, 3.05) is 26.2 Å². The summed E-state index contributed by atoms with van der Waals surface area (Å²) in [5, 5.41) is 8.37. The van der Waals surface area contributed by atoms with Crippen LogP contribution in [0.25, 0.3) is 9.88 Å². The largest absolute Gasteiger partial charge is 0.351 e. The van der Waals surface area contributed by atoms with Gasteiger partial charge in [0, 0.05) is 47.5 Å². The fourth-order valence-electron chi connectivity index (χ4n) is 2.81. The van der Waals surface area contributed by atoms with E-state index in [1.807, 2.05) is 11.4 Å². The number of nitrogens with zero attached hydrogens (tertiary/aromatic N) is 4. The monoisotopic (exact) mass is 466 g/mol. The molecule has 4 heterocycles. The molecule has 0 aliphatic carbocycles. The fraction of sp³-hybridized carbons (Fsp3) is 0.294. The van der Waals surface area contributed by atoms with Crippen molar-refractivity contribution in [2.45, 2.75) is 6.92 Å². The number of hydrogen-bond donors (Lipinski definition) is 0. The van der Waals surface area contributed by atoms with Crippen LogP contribution in [0.3, 0.4) is 0 Å². The molecule has 1 aliphatic rings. The van der Waals surface area contributed by atoms with Crippen molar-refractivity contribution in [1.82, 2.24) is 19.9 Å². The number of piperazine rings is 1. The Morgan fingerprint density at radius 1 is 1.07 bits per heavy atom. The van der Waals surface area contributed by atoms with Crippen molar-refractivity contribution in [1.29, 1.82) is 0 Å². The molecule has 4 rings (SSSR count). The van der Waals surface area contributed by atoms with Crippen LogP contribution in [0.2, 0.25) is 0 Å². The molecule has 0 spiro atoms. The van der Waals surface area contributed by atoms with E-state index in [1.165, 1.54) is 11.3 Å². The molecule has 0 saturated carbocycles. The third-order valence-corrected chi connectivity index (χ3v) is 6.90. The highest BCUT2D eigenvalue weighted by Crippen LogP contribution is 2.32. The number of hydrogen-bond acceptors (Lipinski definition) is 7. The molecule has 1 fully saturated rings. The van der Waals surface area contributed by atoms with Gasteiger partial charge in [-0.25, -0.2) is 4.98 Å². The SMILES string of the molecule is Cc1cc(C(=O)N2CCN(C(=O)c3csc(-c4cc(Br)cs4)n3)CC2)on1. The van der Waals surface area contributed by atoms with Crippen molar-refractivity contribution in [3.05, 3.63) is 44.5 Å². The molecular formula is C17H15BrN4O3S2. The standard InChI is InChI=1S/C17H15BrN4O3S2/c1-10-6-13(25-20-10)17(24)22-4-2-21(3-5-22)16(23)12-9-27-15(19-12)14-7-11(18)8-26-14/h6-9H,2-5H2,1H3. The highest BCUT2D eigenvalue weighted by Gasteiger charge is 2.28. The second kappa shape index (κ2) is 7.53. The molecule has 0 aromatic carbocycles. The Morgan fingerprint density at radius 3 is 2.37 bits per heavy atom. The molecule has 10 heteroatoms. The summed E-state index contributed by atoms with van der Waals surface area (Å²) in [5.41, 5.74) is 1.12. The van der Waals surface area contributed by atoms with Crippen LogP contribution >= 0.6 is 38.6 Å². The highest BCUT2D eigenvalue weighted by molar-refractivity contribution is 9.10. The van der Waals surface area contributed by atoms with Gasteiger partial charge in [0.2, 0.25) is 5.76 Å². The van der Waals surface area contributed by atoms with E-state index in [2.05, 4.69) is 26.1 Å². The van der Waals surface area contributed by atoms with Crippen molar-refractivity contribution >= 4 is 50.4 Å². The van der Waals surface area contributed by atoms with Crippen molar-refractivity contribution in [2.24, 2.45) is 0 Å². The molecule has 0 unspecified atom stereocenters. The van der Waals surface area contributed by atoms with Crippen LogP contribution in [0.4, 0.5) is 0 Å². The zero-order chi connectivity index (χ0) is 19.0. The normalized spacial score (nSPS) is 14.6. The molecule has 7 nitrogen and oxygen atoms in total. The van der Waals surface area contributed by atoms with Crippen LogP contribution in [-0.4, -0.2) is 57.9 Å². The van der Waals surface area contributed by atoms with Gasteiger partial charge in [-0.15, -0.1) is 22.7 Å². The summed E-state index contributed by atoms with van der Waals surface area (Å²) in [5.74, 6) is -0.0591. The molecule has 0 N–H and O–H groups in total. The van der Waals surface area contributed by atoms with E-state index in [-0.39, 0.29) is 17.6 Å². The van der Waals surface area contributed by atoms with Gasteiger partial charge in [0.05, 0.1) is 10.6 Å². The first-order valence-corrected chi connectivity index (χ1v) is 10.8. The van der Waals surface area contributed by atoms with Gasteiger partial charge in [-0.3, -0.25) is 9.59 Å². The lowest BCUT2D eigenvalue weighted by molar-refractivity contribution is 0.0510. The maximum absolute atomic E-state index is 12.7. The summed E-state index contributed by atoms with van der Waals surface area (Å²) in [6.45, 7) is 3.62. The number of aromatic nitrogens is 2. The minimum absolute atomic E-state index is 0.101. The highest BCUT2D eigenvalue weighted by atomic mass is 79.9. The average Bonchev–Trinajstić information content (AvgIpc) is 3.41. The average molecular weight is 467 g/mol. The number of thiophene rings is 1. The van der Waals surface area contributed by atoms with Crippen molar-refractivity contribution in [3.63, 3.8) is 0 Å². The molecule has 2 amide bonds. The van der Waals surface area contributed by atoms with Crippen LogP contribution < -0.4 is 0 Å². The minimum atomic E-state index is -0.193. The number of thiazole rings is 1. The van der Waals surface area contributed by atoms with Gasteiger partial charge in [-0.2, -0.15) is 0 Å². The number of halogens is 1. The van der Waals surface area contributed by atoms with Crippen molar-refractivity contribution in [3.8, 4) is 9.88 Å². The van der Waals surface area contributed by atoms with Crippen LogP contribution in [-0.2, 0) is 0 Å². The van der Waals surface area contributed by atoms with Gasteiger partial charge in [0.15, 0.2) is 0 Å². The fourth-order valence-corrected chi connectivity index (χ4v) is 5.11. The first-order valence-electron chi connectivity index (χ1n) is 8.23. The summed E-state index contributed by atoms with van der Waals surface area (Å²) in [7, 11) is 0. The second-order valence-corrected chi connectivity index (χ2v) is 8.77. The number of rotatable bonds is 3. The van der Waals surface area contributed by atoms with E-state index in [9.17, 15) is 9.59 Å². The maximum atomic E-state index is 12.7. The predicted octanol–water partition coefficient (Wildman–Crippen LogP) is 3.53. The first-order chi connectivity index (χ1) is 13.0. The number of carbonyl (C=O) groups excluding carboxylic acids is 2. The Morgan fingerprint density at radius 2 is 1.78 bits per heavy atom. The smallest absolute Gasteiger partial charge is 0.292 e. The summed E-state index contributed by atoms with van der Waals surface area (Å²) >= 11 is 6.48. The molecule has 1 saturated heterocycles. The summed E-state index contributed by atoms with van der Waals surface area (Å²) < 4.78 is 6.04. The van der Waals surface area contributed by atoms with Crippen LogP contribution in [0, 0.1) is 6.92 Å². The van der Waals surface area contributed by atoms with Gasteiger partial charge in [0.25, 0.3) is 11.8 Å². The molecule has 140 valence electrons. The third kappa shape index (κ3) is 3.83. The topological polar surface area (TPSA) is 79.5 Å². The van der Waals surface area contributed by atoms with Gasteiger partial charge in [-0.1, -0.05) is 5.16 Å². The Hall–Kier alpha value is -2.04. The lowest BCUT2D eigenvalue weighted by Gasteiger charge is -2.33. The first kappa shape index (κ1) is 18.3. The van der Waals surface area contributed by atoms with E-state index >= 15 is 0 Å². The number of aryl methyl sites for hydroxylation is 1. The van der Waals surface area contributed by atoms with Crippen molar-refractivity contribution < 1.29 is 14.1 Å². The van der Waals surface area contributed by atoms with Crippen LogP contribution in [0.5, 0.6) is 0 Å². The molecule has 0 radical (unpaired) electrons. The minimum Gasteiger partial charge on any atom is -0.351 e. The molecule has 0 bridgehead atoms. The van der Waals surface area contributed by atoms with Crippen LogP contribution in [0.15, 0.2) is 31.9 Å². The maximum Gasteiger partial charge on any atom is 0.292 e. The Bertz CT molecular complexity index is 988. The molecular weight excluding hydrogens is 452 g/mol. The van der Waals surface area contributed by atoms with E-state index in [0.717, 1.165) is 14.4 Å². The number of amides is 2.